The van der Waals surface area contributed by atoms with Crippen LogP contribution in [-0.4, -0.2) is 22.5 Å². The van der Waals surface area contributed by atoms with Crippen LogP contribution in [0, 0.1) is 6.92 Å². The SMILES string of the molecule is Cc1cc(C(N)=O)ccc1-n1c(CC=O)ccc1-c1ccc(C2C=CSC2)cc1. The Morgan fingerprint density at radius 3 is 2.59 bits per heavy atom. The second-order valence-electron chi connectivity index (χ2n) is 7.17. The zero-order valence-electron chi connectivity index (χ0n) is 16.2. The minimum absolute atomic E-state index is 0.319. The predicted octanol–water partition coefficient (Wildman–Crippen LogP) is 4.64. The fourth-order valence-corrected chi connectivity index (χ4v) is 4.69. The number of hydrogen-bond acceptors (Lipinski definition) is 3. The average Bonchev–Trinajstić information content (AvgIpc) is 3.39. The Balaban J connectivity index is 1.78. The van der Waals surface area contributed by atoms with Crippen LogP contribution in [-0.2, 0) is 11.2 Å². The van der Waals surface area contributed by atoms with Crippen molar-refractivity contribution in [2.75, 3.05) is 5.75 Å². The summed E-state index contributed by atoms with van der Waals surface area (Å²) in [5.74, 6) is 1.11. The number of hydrogen-bond donors (Lipinski definition) is 1. The van der Waals surface area contributed by atoms with Crippen molar-refractivity contribution >= 4 is 24.0 Å². The number of aromatic nitrogens is 1. The second kappa shape index (κ2) is 8.13. The average molecular weight is 403 g/mol. The third-order valence-electron chi connectivity index (χ3n) is 5.29. The Labute approximate surface area is 174 Å². The number of nitrogens with zero attached hydrogens (tertiary/aromatic N) is 1. The number of allylic oxidation sites excluding steroid dienone is 1. The summed E-state index contributed by atoms with van der Waals surface area (Å²) in [6.45, 7) is 1.95. The molecule has 1 aliphatic heterocycles. The van der Waals surface area contributed by atoms with Gasteiger partial charge in [0, 0.05) is 35.0 Å². The lowest BCUT2D eigenvalue weighted by Crippen LogP contribution is -2.12. The Bertz CT molecular complexity index is 1100. The molecule has 2 heterocycles. The van der Waals surface area contributed by atoms with E-state index in [2.05, 4.69) is 40.3 Å². The summed E-state index contributed by atoms with van der Waals surface area (Å²) in [6.07, 6.45) is 3.48. The first kappa shape index (κ1) is 19.3. The van der Waals surface area contributed by atoms with Gasteiger partial charge in [-0.3, -0.25) is 4.79 Å². The molecule has 1 aliphatic rings. The van der Waals surface area contributed by atoms with E-state index in [1.165, 1.54) is 5.56 Å². The molecule has 0 saturated heterocycles. The minimum Gasteiger partial charge on any atom is -0.366 e. The first-order chi connectivity index (χ1) is 14.1. The molecule has 2 N–H and O–H groups in total. The molecule has 29 heavy (non-hydrogen) atoms. The summed E-state index contributed by atoms with van der Waals surface area (Å²) < 4.78 is 2.09. The van der Waals surface area contributed by atoms with E-state index in [1.54, 1.807) is 12.1 Å². The third-order valence-corrected chi connectivity index (χ3v) is 6.20. The molecule has 1 atom stereocenters. The van der Waals surface area contributed by atoms with E-state index >= 15 is 0 Å². The van der Waals surface area contributed by atoms with Gasteiger partial charge in [0.1, 0.15) is 6.29 Å². The van der Waals surface area contributed by atoms with Crippen LogP contribution in [0.1, 0.15) is 33.1 Å². The molecular weight excluding hydrogens is 380 g/mol. The predicted molar refractivity (Wildman–Crippen MR) is 119 cm³/mol. The number of carbonyl (C=O) groups excluding carboxylic acids is 2. The molecule has 1 amide bonds. The topological polar surface area (TPSA) is 65.1 Å². The zero-order chi connectivity index (χ0) is 20.4. The standard InChI is InChI=1S/C24H22N2O2S/c1-16-14-19(24(25)28)6-8-22(16)26-21(10-12-27)7-9-23(26)18-4-2-17(3-5-18)20-11-13-29-15-20/h2-9,11-14,20H,10,15H2,1H3,(H2,25,28). The molecule has 0 radical (unpaired) electrons. The molecule has 3 aromatic rings. The summed E-state index contributed by atoms with van der Waals surface area (Å²) in [7, 11) is 0. The fourth-order valence-electron chi connectivity index (χ4n) is 3.77. The molecule has 2 aromatic carbocycles. The Morgan fingerprint density at radius 1 is 1.17 bits per heavy atom. The molecule has 1 unspecified atom stereocenters. The molecule has 146 valence electrons. The summed E-state index contributed by atoms with van der Waals surface area (Å²) >= 11 is 1.84. The van der Waals surface area contributed by atoms with E-state index in [1.807, 2.05) is 36.9 Å². The Kier molecular flexibility index (Phi) is 5.41. The van der Waals surface area contributed by atoms with Gasteiger partial charge < -0.3 is 15.1 Å². The van der Waals surface area contributed by atoms with Crippen molar-refractivity contribution < 1.29 is 9.59 Å². The maximum atomic E-state index is 11.5. The first-order valence-corrected chi connectivity index (χ1v) is 10.6. The van der Waals surface area contributed by atoms with Crippen LogP contribution in [0.2, 0.25) is 0 Å². The maximum absolute atomic E-state index is 11.5. The number of primary amides is 1. The number of aldehydes is 1. The van der Waals surface area contributed by atoms with E-state index in [9.17, 15) is 9.59 Å². The molecule has 4 rings (SSSR count). The van der Waals surface area contributed by atoms with Gasteiger partial charge in [-0.2, -0.15) is 0 Å². The van der Waals surface area contributed by atoms with Gasteiger partial charge in [-0.05, 0) is 59.4 Å². The van der Waals surface area contributed by atoms with Gasteiger partial charge in [0.2, 0.25) is 5.91 Å². The second-order valence-corrected chi connectivity index (χ2v) is 8.11. The van der Waals surface area contributed by atoms with Crippen LogP contribution in [0.4, 0.5) is 0 Å². The van der Waals surface area contributed by atoms with Crippen LogP contribution in [0.25, 0.3) is 16.9 Å². The highest BCUT2D eigenvalue weighted by atomic mass is 32.2. The van der Waals surface area contributed by atoms with Gasteiger partial charge in [-0.25, -0.2) is 0 Å². The molecule has 1 aromatic heterocycles. The fraction of sp³-hybridized carbons (Fsp3) is 0.167. The van der Waals surface area contributed by atoms with Crippen molar-refractivity contribution in [2.24, 2.45) is 5.73 Å². The summed E-state index contributed by atoms with van der Waals surface area (Å²) in [6, 6.07) is 18.1. The summed E-state index contributed by atoms with van der Waals surface area (Å²) in [5, 5.41) is 2.16. The Morgan fingerprint density at radius 2 is 1.97 bits per heavy atom. The lowest BCUT2D eigenvalue weighted by Gasteiger charge is -2.17. The molecule has 4 nitrogen and oxygen atoms in total. The number of nitrogens with two attached hydrogens (primary N) is 1. The number of benzene rings is 2. The number of carbonyl (C=O) groups is 2. The number of rotatable bonds is 6. The highest BCUT2D eigenvalue weighted by Crippen LogP contribution is 2.33. The maximum Gasteiger partial charge on any atom is 0.248 e. The summed E-state index contributed by atoms with van der Waals surface area (Å²) in [4.78, 5) is 22.8. The molecule has 0 saturated carbocycles. The zero-order valence-corrected chi connectivity index (χ0v) is 17.0. The number of amides is 1. The van der Waals surface area contributed by atoms with Crippen LogP contribution in [0.5, 0.6) is 0 Å². The van der Waals surface area contributed by atoms with Gasteiger partial charge in [0.25, 0.3) is 0 Å². The van der Waals surface area contributed by atoms with Gasteiger partial charge in [-0.15, -0.1) is 11.8 Å². The quantitative estimate of drug-likeness (QED) is 0.611. The van der Waals surface area contributed by atoms with Crippen molar-refractivity contribution in [3.8, 4) is 16.9 Å². The van der Waals surface area contributed by atoms with E-state index in [-0.39, 0.29) is 0 Å². The van der Waals surface area contributed by atoms with E-state index in [4.69, 9.17) is 5.73 Å². The summed E-state index contributed by atoms with van der Waals surface area (Å²) in [5.41, 5.74) is 12.1. The minimum atomic E-state index is -0.449. The Hall–Kier alpha value is -3.05. The normalized spacial score (nSPS) is 15.6. The monoisotopic (exact) mass is 402 g/mol. The van der Waals surface area contributed by atoms with Gasteiger partial charge in [0.05, 0.1) is 5.69 Å². The lowest BCUT2D eigenvalue weighted by molar-refractivity contribution is -0.107. The number of thioether (sulfide) groups is 1. The molecule has 5 heteroatoms. The lowest BCUT2D eigenvalue weighted by atomic mass is 9.99. The smallest absolute Gasteiger partial charge is 0.248 e. The van der Waals surface area contributed by atoms with Crippen molar-refractivity contribution in [1.29, 1.82) is 0 Å². The van der Waals surface area contributed by atoms with Gasteiger partial charge in [-0.1, -0.05) is 30.3 Å². The largest absolute Gasteiger partial charge is 0.366 e. The van der Waals surface area contributed by atoms with Crippen LogP contribution < -0.4 is 5.73 Å². The highest BCUT2D eigenvalue weighted by molar-refractivity contribution is 8.02. The molecule has 0 bridgehead atoms. The van der Waals surface area contributed by atoms with Crippen molar-refractivity contribution in [3.05, 3.63) is 88.5 Å². The van der Waals surface area contributed by atoms with Gasteiger partial charge in [0.15, 0.2) is 0 Å². The molecular formula is C24H22N2O2S. The molecule has 0 spiro atoms. The molecule has 0 fully saturated rings. The first-order valence-electron chi connectivity index (χ1n) is 9.52. The van der Waals surface area contributed by atoms with Crippen molar-refractivity contribution in [1.82, 2.24) is 4.57 Å². The van der Waals surface area contributed by atoms with E-state index in [0.29, 0.717) is 17.9 Å². The number of aryl methyl sites for hydroxylation is 1. The third kappa shape index (κ3) is 3.78. The highest BCUT2D eigenvalue weighted by Gasteiger charge is 2.16. The van der Waals surface area contributed by atoms with E-state index < -0.39 is 5.91 Å². The molecule has 0 aliphatic carbocycles. The van der Waals surface area contributed by atoms with Crippen molar-refractivity contribution in [3.63, 3.8) is 0 Å². The van der Waals surface area contributed by atoms with Crippen LogP contribution in [0.3, 0.4) is 0 Å². The van der Waals surface area contributed by atoms with E-state index in [0.717, 1.165) is 40.2 Å². The van der Waals surface area contributed by atoms with Crippen LogP contribution in [0.15, 0.2) is 66.1 Å². The van der Waals surface area contributed by atoms with Crippen molar-refractivity contribution in [2.45, 2.75) is 19.3 Å². The van der Waals surface area contributed by atoms with Gasteiger partial charge >= 0.3 is 0 Å². The van der Waals surface area contributed by atoms with Crippen LogP contribution >= 0.6 is 11.8 Å².